The molecule has 0 bridgehead atoms. The number of rotatable bonds is 7. The summed E-state index contributed by atoms with van der Waals surface area (Å²) in [4.78, 5) is 34.3. The molecule has 2 aromatic rings. The molecule has 2 N–H and O–H groups in total. The fourth-order valence-electron chi connectivity index (χ4n) is 2.11. The first-order chi connectivity index (χ1) is 12.4. The number of benzene rings is 2. The van der Waals surface area contributed by atoms with E-state index in [4.69, 9.17) is 4.74 Å². The lowest BCUT2D eigenvalue weighted by Gasteiger charge is -2.10. The summed E-state index contributed by atoms with van der Waals surface area (Å²) < 4.78 is 5.94. The van der Waals surface area contributed by atoms with Crippen LogP contribution < -0.4 is 15.4 Å². The molecule has 0 aromatic heterocycles. The lowest BCUT2D eigenvalue weighted by atomic mass is 10.2. The third-order valence-electron chi connectivity index (χ3n) is 3.41. The fraction of sp³-hybridized carbons (Fsp3) is 0.176. The predicted molar refractivity (Wildman–Crippen MR) is 99.4 cm³/mol. The molecule has 2 aromatic carbocycles. The molecule has 8 nitrogen and oxygen atoms in total. The first kappa shape index (κ1) is 19.4. The van der Waals surface area contributed by atoms with Crippen LogP contribution in [0, 0.1) is 10.1 Å². The van der Waals surface area contributed by atoms with Crippen molar-refractivity contribution < 1.29 is 19.2 Å². The lowest BCUT2D eigenvalue weighted by molar-refractivity contribution is -0.384. The number of nitrogens with zero attached hydrogens (tertiary/aromatic N) is 1. The number of nitro groups is 1. The van der Waals surface area contributed by atoms with Crippen molar-refractivity contribution in [1.29, 1.82) is 0 Å². The summed E-state index contributed by atoms with van der Waals surface area (Å²) in [6.45, 7) is 0.123. The largest absolute Gasteiger partial charge is 0.495 e. The van der Waals surface area contributed by atoms with Gasteiger partial charge in [0.1, 0.15) is 5.75 Å². The molecule has 0 radical (unpaired) electrons. The van der Waals surface area contributed by atoms with Gasteiger partial charge in [0.25, 0.3) is 11.6 Å². The number of anilines is 1. The van der Waals surface area contributed by atoms with E-state index in [0.29, 0.717) is 11.3 Å². The van der Waals surface area contributed by atoms with Gasteiger partial charge in [0.15, 0.2) is 0 Å². The minimum atomic E-state index is -0.562. The molecule has 0 aliphatic rings. The second kappa shape index (κ2) is 8.95. The maximum atomic E-state index is 12.0. The highest BCUT2D eigenvalue weighted by molar-refractivity contribution is 9.10. The minimum absolute atomic E-state index is 0.00805. The average molecular weight is 422 g/mol. The average Bonchev–Trinajstić information content (AvgIpc) is 2.62. The zero-order chi connectivity index (χ0) is 19.1. The Morgan fingerprint density at radius 2 is 1.88 bits per heavy atom. The Hall–Kier alpha value is -2.94. The normalized spacial score (nSPS) is 10.1. The Morgan fingerprint density at radius 1 is 1.19 bits per heavy atom. The predicted octanol–water partition coefficient (Wildman–Crippen LogP) is 3.12. The van der Waals surface area contributed by atoms with E-state index in [1.165, 1.54) is 25.3 Å². The Labute approximate surface area is 157 Å². The van der Waals surface area contributed by atoms with Gasteiger partial charge in [0.2, 0.25) is 5.91 Å². The van der Waals surface area contributed by atoms with Gasteiger partial charge in [0, 0.05) is 35.1 Å². The molecular formula is C17H16BrN3O5. The summed E-state index contributed by atoms with van der Waals surface area (Å²) in [6.07, 6.45) is 0.00805. The molecule has 0 atom stereocenters. The molecule has 136 valence electrons. The van der Waals surface area contributed by atoms with E-state index >= 15 is 0 Å². The zero-order valence-electron chi connectivity index (χ0n) is 13.8. The number of amides is 2. The summed E-state index contributed by atoms with van der Waals surface area (Å²) in [7, 11) is 1.40. The quantitative estimate of drug-likeness (QED) is 0.526. The van der Waals surface area contributed by atoms with Crippen LogP contribution in [0.15, 0.2) is 46.9 Å². The van der Waals surface area contributed by atoms with Crippen molar-refractivity contribution in [3.05, 3.63) is 62.6 Å². The molecule has 2 amide bonds. The molecule has 0 aliphatic carbocycles. The van der Waals surface area contributed by atoms with Crippen LogP contribution in [0.3, 0.4) is 0 Å². The molecule has 0 saturated carbocycles. The number of halogens is 1. The van der Waals surface area contributed by atoms with Crippen molar-refractivity contribution in [3.8, 4) is 5.75 Å². The molecule has 2 rings (SSSR count). The zero-order valence-corrected chi connectivity index (χ0v) is 15.4. The standard InChI is InChI=1S/C17H16BrN3O5/c1-26-15-7-6-13(21(24)25)10-14(15)20-16(22)8-9-19-17(23)11-2-4-12(18)5-3-11/h2-7,10H,8-9H2,1H3,(H,19,23)(H,20,22). The highest BCUT2D eigenvalue weighted by Gasteiger charge is 2.14. The van der Waals surface area contributed by atoms with Crippen molar-refractivity contribution in [2.45, 2.75) is 6.42 Å². The third-order valence-corrected chi connectivity index (χ3v) is 3.94. The highest BCUT2D eigenvalue weighted by atomic mass is 79.9. The Balaban J connectivity index is 1.90. The van der Waals surface area contributed by atoms with Crippen molar-refractivity contribution in [1.82, 2.24) is 5.32 Å². The number of ether oxygens (including phenoxy) is 1. The molecule has 0 saturated heterocycles. The minimum Gasteiger partial charge on any atom is -0.495 e. The number of hydrogen-bond acceptors (Lipinski definition) is 5. The van der Waals surface area contributed by atoms with Crippen LogP contribution in [0.25, 0.3) is 0 Å². The molecule has 9 heteroatoms. The summed E-state index contributed by atoms with van der Waals surface area (Å²) in [6, 6.07) is 10.7. The van der Waals surface area contributed by atoms with Crippen LogP contribution in [-0.4, -0.2) is 30.4 Å². The molecule has 0 unspecified atom stereocenters. The van der Waals surface area contributed by atoms with Crippen molar-refractivity contribution in [3.63, 3.8) is 0 Å². The van der Waals surface area contributed by atoms with Gasteiger partial charge in [0.05, 0.1) is 17.7 Å². The van der Waals surface area contributed by atoms with E-state index in [1.807, 2.05) is 0 Å². The van der Waals surface area contributed by atoms with E-state index in [1.54, 1.807) is 24.3 Å². The summed E-state index contributed by atoms with van der Waals surface area (Å²) >= 11 is 3.29. The maximum absolute atomic E-state index is 12.0. The molecule has 0 heterocycles. The van der Waals surface area contributed by atoms with E-state index in [-0.39, 0.29) is 30.2 Å². The van der Waals surface area contributed by atoms with Crippen LogP contribution >= 0.6 is 15.9 Å². The third kappa shape index (κ3) is 5.28. The SMILES string of the molecule is COc1ccc([N+](=O)[O-])cc1NC(=O)CCNC(=O)c1ccc(Br)cc1. The van der Waals surface area contributed by atoms with Crippen LogP contribution in [0.1, 0.15) is 16.8 Å². The first-order valence-corrected chi connectivity index (χ1v) is 8.36. The van der Waals surface area contributed by atoms with Gasteiger partial charge in [-0.05, 0) is 30.3 Å². The summed E-state index contributed by atoms with van der Waals surface area (Å²) in [5.74, 6) is -0.388. The lowest BCUT2D eigenvalue weighted by Crippen LogP contribution is -2.27. The Kier molecular flexibility index (Phi) is 6.67. The number of nitro benzene ring substituents is 1. The van der Waals surface area contributed by atoms with E-state index in [0.717, 1.165) is 4.47 Å². The monoisotopic (exact) mass is 421 g/mol. The Bertz CT molecular complexity index is 824. The van der Waals surface area contributed by atoms with E-state index < -0.39 is 10.8 Å². The molecule has 0 aliphatic heterocycles. The second-order valence-corrected chi connectivity index (χ2v) is 6.12. The molecular weight excluding hydrogens is 406 g/mol. The molecule has 26 heavy (non-hydrogen) atoms. The van der Waals surface area contributed by atoms with Crippen LogP contribution in [-0.2, 0) is 4.79 Å². The topological polar surface area (TPSA) is 111 Å². The number of carbonyl (C=O) groups excluding carboxylic acids is 2. The molecule has 0 spiro atoms. The van der Waals surface area contributed by atoms with Gasteiger partial charge in [-0.1, -0.05) is 15.9 Å². The highest BCUT2D eigenvalue weighted by Crippen LogP contribution is 2.28. The van der Waals surface area contributed by atoms with Crippen molar-refractivity contribution in [2.75, 3.05) is 19.0 Å². The number of hydrogen-bond donors (Lipinski definition) is 2. The van der Waals surface area contributed by atoms with Gasteiger partial charge in [-0.3, -0.25) is 19.7 Å². The first-order valence-electron chi connectivity index (χ1n) is 7.56. The van der Waals surface area contributed by atoms with Crippen molar-refractivity contribution in [2.24, 2.45) is 0 Å². The second-order valence-electron chi connectivity index (χ2n) is 5.20. The van der Waals surface area contributed by atoms with Gasteiger partial charge in [-0.25, -0.2) is 0 Å². The van der Waals surface area contributed by atoms with Gasteiger partial charge >= 0.3 is 0 Å². The van der Waals surface area contributed by atoms with Gasteiger partial charge < -0.3 is 15.4 Å². The Morgan fingerprint density at radius 3 is 2.50 bits per heavy atom. The fourth-order valence-corrected chi connectivity index (χ4v) is 2.38. The van der Waals surface area contributed by atoms with E-state index in [2.05, 4.69) is 26.6 Å². The smallest absolute Gasteiger partial charge is 0.271 e. The maximum Gasteiger partial charge on any atom is 0.271 e. The van der Waals surface area contributed by atoms with Crippen LogP contribution in [0.4, 0.5) is 11.4 Å². The number of carbonyl (C=O) groups is 2. The van der Waals surface area contributed by atoms with E-state index in [9.17, 15) is 19.7 Å². The number of methoxy groups -OCH3 is 1. The number of nitrogens with one attached hydrogen (secondary N) is 2. The van der Waals surface area contributed by atoms with Gasteiger partial charge in [-0.15, -0.1) is 0 Å². The van der Waals surface area contributed by atoms with Gasteiger partial charge in [-0.2, -0.15) is 0 Å². The van der Waals surface area contributed by atoms with Crippen molar-refractivity contribution >= 4 is 39.1 Å². The molecule has 0 fully saturated rings. The summed E-state index contributed by atoms with van der Waals surface area (Å²) in [5.41, 5.74) is 0.518. The summed E-state index contributed by atoms with van der Waals surface area (Å²) in [5, 5.41) is 16.0. The van der Waals surface area contributed by atoms with Crippen LogP contribution in [0.5, 0.6) is 5.75 Å². The van der Waals surface area contributed by atoms with Crippen LogP contribution in [0.2, 0.25) is 0 Å². The number of non-ortho nitro benzene ring substituents is 1.